The average molecular weight is 550 g/mol. The van der Waals surface area contributed by atoms with Gasteiger partial charge in [-0.3, -0.25) is 9.59 Å². The number of aromatic nitrogens is 1. The van der Waals surface area contributed by atoms with Crippen LogP contribution in [0, 0.1) is 23.7 Å². The quantitative estimate of drug-likeness (QED) is 0.204. The Hall–Kier alpha value is -3.94. The summed E-state index contributed by atoms with van der Waals surface area (Å²) in [4.78, 5) is 32.6. The van der Waals surface area contributed by atoms with Crippen LogP contribution in [-0.2, 0) is 21.9 Å². The maximum absolute atomic E-state index is 13.6. The smallest absolute Gasteiger partial charge is 0.277 e. The van der Waals surface area contributed by atoms with Gasteiger partial charge >= 0.3 is 0 Å². The molecule has 8 heteroatoms. The Morgan fingerprint density at radius 1 is 1.11 bits per heavy atom. The molecule has 1 atom stereocenters. The van der Waals surface area contributed by atoms with Crippen molar-refractivity contribution in [3.05, 3.63) is 106 Å². The topological polar surface area (TPSA) is 86.1 Å². The number of nitriles is 1. The first-order valence-electron chi connectivity index (χ1n) is 11.2. The number of carbonyl (C=O) groups excluding carboxylic acids is 2. The van der Waals surface area contributed by atoms with Gasteiger partial charge in [0, 0.05) is 33.7 Å². The van der Waals surface area contributed by atoms with Crippen molar-refractivity contribution in [3.63, 3.8) is 0 Å². The van der Waals surface area contributed by atoms with Gasteiger partial charge in [-0.2, -0.15) is 17.4 Å². The molecular weight excluding hydrogens is 524 g/mol. The molecule has 0 aliphatic heterocycles. The van der Waals surface area contributed by atoms with Crippen LogP contribution >= 0.6 is 11.3 Å². The number of nitrogens with one attached hydrogen (secondary N) is 1. The minimum atomic E-state index is -0.939. The van der Waals surface area contributed by atoms with Crippen molar-refractivity contribution in [1.82, 2.24) is 10.3 Å². The zero-order valence-corrected chi connectivity index (χ0v) is 22.6. The number of hydrogen-bond donors (Lipinski definition) is 1. The van der Waals surface area contributed by atoms with Gasteiger partial charge in [-0.25, -0.2) is 17.1 Å². The van der Waals surface area contributed by atoms with E-state index in [1.807, 2.05) is 63.2 Å². The van der Waals surface area contributed by atoms with Crippen LogP contribution in [0.1, 0.15) is 53.4 Å². The summed E-state index contributed by atoms with van der Waals surface area (Å²) in [5.74, 6) is 1.64. The Labute approximate surface area is 232 Å². The van der Waals surface area contributed by atoms with Gasteiger partial charge in [0.2, 0.25) is 5.91 Å². The molecule has 0 aliphatic carbocycles. The van der Waals surface area contributed by atoms with Crippen molar-refractivity contribution in [2.24, 2.45) is 0 Å². The summed E-state index contributed by atoms with van der Waals surface area (Å²) in [7, 11) is 0. The van der Waals surface area contributed by atoms with Crippen LogP contribution in [0.25, 0.3) is 0 Å². The minimum absolute atomic E-state index is 0. The average Bonchev–Trinajstić information content (AvgIpc) is 3.65. The Kier molecular flexibility index (Phi) is 10.6. The fraction of sp³-hybridized carbons (Fsp3) is 0.172. The Balaban J connectivity index is 0.000000716. The van der Waals surface area contributed by atoms with Crippen LogP contribution in [0.4, 0.5) is 5.69 Å². The molecule has 194 valence electrons. The number of hydrogen-bond acceptors (Lipinski definition) is 5. The molecule has 1 aromatic heterocycles. The van der Waals surface area contributed by atoms with Gasteiger partial charge in [0.25, 0.3) is 5.91 Å². The van der Waals surface area contributed by atoms with Gasteiger partial charge in [-0.1, -0.05) is 0 Å². The van der Waals surface area contributed by atoms with Crippen molar-refractivity contribution in [1.29, 1.82) is 5.26 Å². The molecule has 0 aliphatic rings. The zero-order valence-electron chi connectivity index (χ0n) is 20.7. The monoisotopic (exact) mass is 550 g/mol. The Bertz CT molecular complexity index is 1340. The first kappa shape index (κ1) is 29.3. The van der Waals surface area contributed by atoms with Crippen molar-refractivity contribution in [3.8, 4) is 18.4 Å². The molecule has 0 radical (unpaired) electrons. The van der Waals surface area contributed by atoms with Crippen LogP contribution in [-0.4, -0.2) is 22.3 Å². The van der Waals surface area contributed by atoms with Gasteiger partial charge in [0.15, 0.2) is 5.01 Å². The standard InChI is InChI=1S/C24H21N4O2S.C5H5.Fe/c1-5-20-26-19(15-31-20)23(30)28(18-12-10-16(14-25)11-13-18)21(17-8-6-7-9-17)22(29)27-24(2,3)4;1-2-4-5-3-1;/h1,6-13,15,21H,2-4H3,(H,27,29);1-5H;/q-1;-5;. The molecule has 0 fully saturated rings. The second-order valence-electron chi connectivity index (χ2n) is 8.84. The van der Waals surface area contributed by atoms with E-state index in [1.54, 1.807) is 41.8 Å². The van der Waals surface area contributed by atoms with Crippen LogP contribution in [0.2, 0.25) is 0 Å². The normalized spacial score (nSPS) is 10.9. The van der Waals surface area contributed by atoms with Gasteiger partial charge in [0.05, 0.1) is 17.7 Å². The van der Waals surface area contributed by atoms with Gasteiger partial charge in [-0.15, -0.1) is 23.3 Å². The largest absolute Gasteiger partial charge is 0.748 e. The fourth-order valence-corrected chi connectivity index (χ4v) is 3.99. The van der Waals surface area contributed by atoms with E-state index >= 15 is 0 Å². The Morgan fingerprint density at radius 3 is 2.14 bits per heavy atom. The molecule has 4 aromatic rings. The molecule has 0 bridgehead atoms. The third kappa shape index (κ3) is 8.03. The number of terminal acetylenes is 1. The number of nitrogens with zero attached hydrogens (tertiary/aromatic N) is 3. The SMILES string of the molecule is C#Cc1nc(C(=O)N(c2ccc(C#N)cc2)C(C(=O)NC(C)(C)C)[c-]2cccc2)cs1.[Fe].[cH-]1[cH-][cH-][cH-][cH-]1. The van der Waals surface area contributed by atoms with E-state index in [-0.39, 0.29) is 28.7 Å². The van der Waals surface area contributed by atoms with Crippen molar-refractivity contribution in [2.45, 2.75) is 32.4 Å². The number of thiazole rings is 1. The minimum Gasteiger partial charge on any atom is -0.748 e. The number of rotatable bonds is 5. The van der Waals surface area contributed by atoms with Crippen LogP contribution < -0.4 is 10.2 Å². The second-order valence-corrected chi connectivity index (χ2v) is 9.70. The molecule has 1 N–H and O–H groups in total. The van der Waals surface area contributed by atoms with Gasteiger partial charge in [-0.05, 0) is 51.0 Å². The molecule has 4 rings (SSSR count). The van der Waals surface area contributed by atoms with Gasteiger partial charge in [0.1, 0.15) is 5.69 Å². The molecule has 6 nitrogen and oxygen atoms in total. The third-order valence-electron chi connectivity index (χ3n) is 4.90. The van der Waals surface area contributed by atoms with Gasteiger partial charge < -0.3 is 40.5 Å². The summed E-state index contributed by atoms with van der Waals surface area (Å²) >= 11 is 1.19. The van der Waals surface area contributed by atoms with E-state index in [4.69, 9.17) is 11.7 Å². The van der Waals surface area contributed by atoms with Crippen LogP contribution in [0.15, 0.2) is 84.2 Å². The summed E-state index contributed by atoms with van der Waals surface area (Å²) in [6, 6.07) is 24.8. The van der Waals surface area contributed by atoms with E-state index in [1.165, 1.54) is 16.2 Å². The molecule has 0 saturated heterocycles. The van der Waals surface area contributed by atoms with Crippen molar-refractivity contribution < 1.29 is 26.7 Å². The first-order chi connectivity index (χ1) is 17.2. The molecule has 0 spiro atoms. The summed E-state index contributed by atoms with van der Waals surface area (Å²) < 4.78 is 0. The van der Waals surface area contributed by atoms with Crippen LogP contribution in [0.3, 0.4) is 0 Å². The number of amides is 2. The van der Waals surface area contributed by atoms with E-state index in [0.717, 1.165) is 0 Å². The maximum Gasteiger partial charge on any atom is 0.277 e. The van der Waals surface area contributed by atoms with E-state index in [2.05, 4.69) is 22.3 Å². The molecule has 1 heterocycles. The predicted octanol–water partition coefficient (Wildman–Crippen LogP) is 5.42. The van der Waals surface area contributed by atoms with Crippen LogP contribution in [0.5, 0.6) is 0 Å². The number of anilines is 1. The predicted molar refractivity (Wildman–Crippen MR) is 143 cm³/mol. The second kappa shape index (κ2) is 13.4. The van der Waals surface area contributed by atoms with Crippen molar-refractivity contribution in [2.75, 3.05) is 4.90 Å². The molecule has 37 heavy (non-hydrogen) atoms. The van der Waals surface area contributed by atoms with E-state index in [9.17, 15) is 9.59 Å². The zero-order chi connectivity index (χ0) is 26.1. The third-order valence-corrected chi connectivity index (χ3v) is 5.68. The summed E-state index contributed by atoms with van der Waals surface area (Å²) in [6.45, 7) is 5.63. The number of benzene rings is 1. The summed E-state index contributed by atoms with van der Waals surface area (Å²) in [5.41, 5.74) is 1.23. The molecule has 0 saturated carbocycles. The molecule has 1 unspecified atom stereocenters. The molecular formula is C29H26FeN4O2S-6. The molecule has 3 aromatic carbocycles. The van der Waals surface area contributed by atoms with E-state index in [0.29, 0.717) is 21.8 Å². The fourth-order valence-electron chi connectivity index (χ4n) is 3.39. The van der Waals surface area contributed by atoms with Crippen molar-refractivity contribution >= 4 is 28.8 Å². The maximum atomic E-state index is 13.6. The van der Waals surface area contributed by atoms with E-state index < -0.39 is 17.5 Å². The first-order valence-corrected chi connectivity index (χ1v) is 12.1. The summed E-state index contributed by atoms with van der Waals surface area (Å²) in [5, 5.41) is 14.1. The summed E-state index contributed by atoms with van der Waals surface area (Å²) in [6.07, 6.45) is 5.42. The Morgan fingerprint density at radius 2 is 1.68 bits per heavy atom. The number of carbonyl (C=O) groups is 2. The molecule has 2 amide bonds.